The van der Waals surface area contributed by atoms with Crippen molar-refractivity contribution in [3.05, 3.63) is 30.3 Å². The van der Waals surface area contributed by atoms with Gasteiger partial charge in [0.25, 0.3) is 0 Å². The molecule has 0 bridgehead atoms. The van der Waals surface area contributed by atoms with Crippen LogP contribution in [0, 0.1) is 5.92 Å². The molecule has 1 aromatic rings. The van der Waals surface area contributed by atoms with Crippen LogP contribution in [0.4, 0.5) is 5.69 Å². The Hall–Kier alpha value is -1.75. The van der Waals surface area contributed by atoms with E-state index in [2.05, 4.69) is 64.6 Å². The third kappa shape index (κ3) is 5.90. The highest BCUT2D eigenvalue weighted by atomic mass is 15.3. The van der Waals surface area contributed by atoms with E-state index < -0.39 is 0 Å². The molecule has 2 fully saturated rings. The Balaban J connectivity index is 1.29. The van der Waals surface area contributed by atoms with Gasteiger partial charge in [-0.3, -0.25) is 9.89 Å². The molecule has 1 aromatic carbocycles. The fourth-order valence-electron chi connectivity index (χ4n) is 3.53. The van der Waals surface area contributed by atoms with E-state index in [-0.39, 0.29) is 0 Å². The molecule has 26 heavy (non-hydrogen) atoms. The maximum atomic E-state index is 4.73. The number of benzene rings is 1. The van der Waals surface area contributed by atoms with Crippen molar-refractivity contribution < 1.29 is 0 Å². The summed E-state index contributed by atoms with van der Waals surface area (Å²) < 4.78 is 0. The van der Waals surface area contributed by atoms with Crippen LogP contribution in [0.5, 0.6) is 0 Å². The Kier molecular flexibility index (Phi) is 7.18. The van der Waals surface area contributed by atoms with Gasteiger partial charge in [-0.15, -0.1) is 0 Å². The van der Waals surface area contributed by atoms with Crippen molar-refractivity contribution in [1.82, 2.24) is 15.5 Å². The van der Waals surface area contributed by atoms with Gasteiger partial charge in [0.15, 0.2) is 5.96 Å². The molecule has 144 valence electrons. The molecule has 1 aliphatic carbocycles. The second kappa shape index (κ2) is 9.81. The number of hydrogen-bond acceptors (Lipinski definition) is 3. The highest BCUT2D eigenvalue weighted by Crippen LogP contribution is 2.28. The van der Waals surface area contributed by atoms with Crippen LogP contribution in [0.25, 0.3) is 0 Å². The van der Waals surface area contributed by atoms with Crippen molar-refractivity contribution in [2.45, 2.75) is 39.2 Å². The molecule has 5 nitrogen and oxygen atoms in total. The Morgan fingerprint density at radius 2 is 1.85 bits per heavy atom. The van der Waals surface area contributed by atoms with Crippen molar-refractivity contribution >= 4 is 11.6 Å². The van der Waals surface area contributed by atoms with Crippen molar-refractivity contribution in [1.29, 1.82) is 0 Å². The number of aliphatic imine (C=N–C) groups is 1. The minimum absolute atomic E-state index is 0.633. The average molecular weight is 358 g/mol. The zero-order chi connectivity index (χ0) is 18.2. The second-order valence-electron chi connectivity index (χ2n) is 7.60. The van der Waals surface area contributed by atoms with E-state index >= 15 is 0 Å². The number of piperazine rings is 1. The van der Waals surface area contributed by atoms with Gasteiger partial charge in [0.2, 0.25) is 0 Å². The Labute approximate surface area is 158 Å². The molecule has 3 rings (SSSR count). The van der Waals surface area contributed by atoms with Gasteiger partial charge < -0.3 is 15.5 Å². The minimum atomic E-state index is 0.633. The van der Waals surface area contributed by atoms with E-state index in [1.807, 2.05) is 0 Å². The molecule has 2 unspecified atom stereocenters. The summed E-state index contributed by atoms with van der Waals surface area (Å²) in [6, 6.07) is 11.4. The quantitative estimate of drug-likeness (QED) is 0.426. The summed E-state index contributed by atoms with van der Waals surface area (Å²) in [7, 11) is 0. The van der Waals surface area contributed by atoms with Crippen LogP contribution in [-0.4, -0.2) is 62.7 Å². The Bertz CT molecular complexity index is 551. The molecule has 2 atom stereocenters. The average Bonchev–Trinajstić information content (AvgIpc) is 3.37. The number of nitrogens with zero attached hydrogens (tertiary/aromatic N) is 3. The predicted molar refractivity (Wildman–Crippen MR) is 111 cm³/mol. The summed E-state index contributed by atoms with van der Waals surface area (Å²) in [4.78, 5) is 9.82. The van der Waals surface area contributed by atoms with E-state index in [9.17, 15) is 0 Å². The Morgan fingerprint density at radius 1 is 1.12 bits per heavy atom. The van der Waals surface area contributed by atoms with E-state index in [1.54, 1.807) is 0 Å². The summed E-state index contributed by atoms with van der Waals surface area (Å²) >= 11 is 0. The number of anilines is 1. The fraction of sp³-hybridized carbons (Fsp3) is 0.667. The van der Waals surface area contributed by atoms with Crippen LogP contribution in [0.2, 0.25) is 0 Å². The first kappa shape index (κ1) is 19.0. The molecule has 0 amide bonds. The lowest BCUT2D eigenvalue weighted by atomic mass is 10.2. The molecular formula is C21H35N5. The van der Waals surface area contributed by atoms with Gasteiger partial charge in [-0.2, -0.15) is 0 Å². The van der Waals surface area contributed by atoms with Gasteiger partial charge in [0.05, 0.1) is 0 Å². The molecule has 0 radical (unpaired) electrons. The standard InChI is InChI=1S/C21H35N5/c1-3-22-21(24-20-17-18(20)2)23-11-7-8-12-25-13-15-26(16-14-25)19-9-5-4-6-10-19/h4-6,9-10,18,20H,3,7-8,11-17H2,1-2H3,(H2,22,23,24). The summed E-state index contributed by atoms with van der Waals surface area (Å²) in [5.41, 5.74) is 1.36. The van der Waals surface area contributed by atoms with Gasteiger partial charge in [0.1, 0.15) is 0 Å². The SMILES string of the molecule is CCNC(=NCCCCN1CCN(c2ccccc2)CC1)NC1CC1C. The normalized spacial score (nSPS) is 23.8. The van der Waals surface area contributed by atoms with Crippen LogP contribution in [0.15, 0.2) is 35.3 Å². The number of nitrogens with one attached hydrogen (secondary N) is 2. The van der Waals surface area contributed by atoms with Gasteiger partial charge in [0, 0.05) is 51.0 Å². The topological polar surface area (TPSA) is 42.9 Å². The number of unbranched alkanes of at least 4 members (excludes halogenated alkanes) is 1. The minimum Gasteiger partial charge on any atom is -0.369 e. The first-order chi connectivity index (χ1) is 12.8. The third-order valence-corrected chi connectivity index (χ3v) is 5.42. The molecule has 2 aliphatic rings. The van der Waals surface area contributed by atoms with Gasteiger partial charge in [-0.25, -0.2) is 0 Å². The smallest absolute Gasteiger partial charge is 0.191 e. The molecule has 2 N–H and O–H groups in total. The second-order valence-corrected chi connectivity index (χ2v) is 7.60. The van der Waals surface area contributed by atoms with Crippen molar-refractivity contribution in [2.75, 3.05) is 50.7 Å². The van der Waals surface area contributed by atoms with Crippen LogP contribution >= 0.6 is 0 Å². The largest absolute Gasteiger partial charge is 0.369 e. The third-order valence-electron chi connectivity index (χ3n) is 5.42. The lowest BCUT2D eigenvalue weighted by Crippen LogP contribution is -2.46. The highest BCUT2D eigenvalue weighted by molar-refractivity contribution is 5.80. The van der Waals surface area contributed by atoms with Crippen molar-refractivity contribution in [3.63, 3.8) is 0 Å². The summed E-state index contributed by atoms with van der Waals surface area (Å²) in [5, 5.41) is 6.88. The molecule has 1 saturated heterocycles. The monoisotopic (exact) mass is 357 g/mol. The van der Waals surface area contributed by atoms with Gasteiger partial charge in [-0.1, -0.05) is 25.1 Å². The fourth-order valence-corrected chi connectivity index (χ4v) is 3.53. The lowest BCUT2D eigenvalue weighted by Gasteiger charge is -2.36. The summed E-state index contributed by atoms with van der Waals surface area (Å²) in [6.45, 7) is 12.1. The molecule has 5 heteroatoms. The first-order valence-corrected chi connectivity index (χ1v) is 10.3. The van der Waals surface area contributed by atoms with Crippen LogP contribution in [-0.2, 0) is 0 Å². The number of rotatable bonds is 8. The van der Waals surface area contributed by atoms with Crippen molar-refractivity contribution in [2.24, 2.45) is 10.9 Å². The lowest BCUT2D eigenvalue weighted by molar-refractivity contribution is 0.253. The van der Waals surface area contributed by atoms with E-state index in [0.29, 0.717) is 6.04 Å². The van der Waals surface area contributed by atoms with E-state index in [4.69, 9.17) is 4.99 Å². The number of guanidine groups is 1. The number of hydrogen-bond donors (Lipinski definition) is 2. The van der Waals surface area contributed by atoms with Crippen LogP contribution < -0.4 is 15.5 Å². The zero-order valence-corrected chi connectivity index (χ0v) is 16.5. The molecule has 1 aliphatic heterocycles. The number of para-hydroxylation sites is 1. The van der Waals surface area contributed by atoms with Gasteiger partial charge in [-0.05, 0) is 50.8 Å². The maximum Gasteiger partial charge on any atom is 0.191 e. The summed E-state index contributed by atoms with van der Waals surface area (Å²) in [5.74, 6) is 1.80. The van der Waals surface area contributed by atoms with Gasteiger partial charge >= 0.3 is 0 Å². The first-order valence-electron chi connectivity index (χ1n) is 10.3. The molecule has 0 aromatic heterocycles. The zero-order valence-electron chi connectivity index (χ0n) is 16.5. The predicted octanol–water partition coefficient (Wildman–Crippen LogP) is 2.55. The van der Waals surface area contributed by atoms with Crippen LogP contribution in [0.1, 0.15) is 33.1 Å². The van der Waals surface area contributed by atoms with E-state index in [0.717, 1.165) is 44.5 Å². The molecular weight excluding hydrogens is 322 g/mol. The molecule has 0 spiro atoms. The molecule has 1 saturated carbocycles. The maximum absolute atomic E-state index is 4.73. The summed E-state index contributed by atoms with van der Waals surface area (Å²) in [6.07, 6.45) is 3.67. The van der Waals surface area contributed by atoms with Crippen LogP contribution in [0.3, 0.4) is 0 Å². The molecule has 1 heterocycles. The Morgan fingerprint density at radius 3 is 2.50 bits per heavy atom. The van der Waals surface area contributed by atoms with Crippen molar-refractivity contribution in [3.8, 4) is 0 Å². The highest BCUT2D eigenvalue weighted by Gasteiger charge is 2.33. The van der Waals surface area contributed by atoms with E-state index in [1.165, 1.54) is 38.2 Å².